The number of benzene rings is 1. The minimum absolute atomic E-state index is 0. The zero-order chi connectivity index (χ0) is 14.0. The predicted octanol–water partition coefficient (Wildman–Crippen LogP) is -0.277. The van der Waals surface area contributed by atoms with Crippen LogP contribution in [-0.4, -0.2) is 34.0 Å². The molecular weight excluding hydrogens is 389 g/mol. The molecule has 0 saturated heterocycles. The van der Waals surface area contributed by atoms with Gasteiger partial charge in [0.2, 0.25) is 0 Å². The SMILES string of the molecule is Cc1c(C)c(C)c(C)c(C)c1C.O.O.O.O=S(=O)([O-])[O-].[Ru+2]. The van der Waals surface area contributed by atoms with E-state index in [2.05, 4.69) is 41.5 Å². The Labute approximate surface area is 139 Å². The van der Waals surface area contributed by atoms with Crippen molar-refractivity contribution in [3.8, 4) is 0 Å². The van der Waals surface area contributed by atoms with Crippen molar-refractivity contribution in [2.45, 2.75) is 41.5 Å². The summed E-state index contributed by atoms with van der Waals surface area (Å²) in [6.45, 7) is 13.3. The maximum Gasteiger partial charge on any atom is 2.00 e. The van der Waals surface area contributed by atoms with E-state index in [4.69, 9.17) is 17.5 Å². The second kappa shape index (κ2) is 12.2. The Balaban J connectivity index is -0.0000000844. The summed E-state index contributed by atoms with van der Waals surface area (Å²) in [5, 5.41) is 0. The maximum absolute atomic E-state index is 8.52. The van der Waals surface area contributed by atoms with Gasteiger partial charge >= 0.3 is 19.5 Å². The monoisotopic (exact) mass is 414 g/mol. The topological polar surface area (TPSA) is 175 Å². The van der Waals surface area contributed by atoms with Crippen molar-refractivity contribution >= 4 is 10.4 Å². The van der Waals surface area contributed by atoms with Crippen LogP contribution in [0.15, 0.2) is 0 Å². The van der Waals surface area contributed by atoms with Crippen LogP contribution in [0.3, 0.4) is 0 Å². The van der Waals surface area contributed by atoms with Crippen molar-refractivity contribution in [2.24, 2.45) is 0 Å². The molecule has 0 unspecified atom stereocenters. The zero-order valence-electron chi connectivity index (χ0n) is 12.9. The molecule has 0 heterocycles. The van der Waals surface area contributed by atoms with Crippen LogP contribution in [0, 0.1) is 41.5 Å². The van der Waals surface area contributed by atoms with E-state index >= 15 is 0 Å². The summed E-state index contributed by atoms with van der Waals surface area (Å²) in [5.41, 5.74) is 8.73. The molecular formula is C12H24O7RuS. The van der Waals surface area contributed by atoms with E-state index in [0.29, 0.717) is 0 Å². The molecule has 0 saturated carbocycles. The van der Waals surface area contributed by atoms with Gasteiger partial charge < -0.3 is 25.5 Å². The van der Waals surface area contributed by atoms with E-state index < -0.39 is 10.4 Å². The molecule has 6 N–H and O–H groups in total. The first-order chi connectivity index (χ1) is 7.46. The summed E-state index contributed by atoms with van der Waals surface area (Å²) in [6, 6.07) is 0. The number of rotatable bonds is 0. The Morgan fingerprint density at radius 3 is 0.667 bits per heavy atom. The molecule has 7 nitrogen and oxygen atoms in total. The fraction of sp³-hybridized carbons (Fsp3) is 0.500. The summed E-state index contributed by atoms with van der Waals surface area (Å²) in [6.07, 6.45) is 0. The van der Waals surface area contributed by atoms with Gasteiger partial charge in [-0.25, -0.2) is 0 Å². The molecule has 1 rings (SSSR count). The summed E-state index contributed by atoms with van der Waals surface area (Å²) < 4.78 is 34.1. The maximum atomic E-state index is 8.52. The molecule has 0 aliphatic rings. The Morgan fingerprint density at radius 1 is 0.571 bits per heavy atom. The molecule has 0 amide bonds. The number of hydrogen-bond acceptors (Lipinski definition) is 4. The molecule has 0 fully saturated rings. The van der Waals surface area contributed by atoms with Crippen molar-refractivity contribution < 1.29 is 53.4 Å². The van der Waals surface area contributed by atoms with Crippen LogP contribution in [0.5, 0.6) is 0 Å². The van der Waals surface area contributed by atoms with Gasteiger partial charge in [-0.05, 0) is 74.9 Å². The van der Waals surface area contributed by atoms with E-state index in [0.717, 1.165) is 0 Å². The Kier molecular flexibility index (Phi) is 18.8. The van der Waals surface area contributed by atoms with Gasteiger partial charge in [0.25, 0.3) is 0 Å². The van der Waals surface area contributed by atoms with E-state index in [1.165, 1.54) is 33.4 Å². The van der Waals surface area contributed by atoms with Crippen LogP contribution in [0.25, 0.3) is 0 Å². The Bertz CT molecular complexity index is 414. The fourth-order valence-corrected chi connectivity index (χ4v) is 1.69. The quantitative estimate of drug-likeness (QED) is 0.323. The Morgan fingerprint density at radius 2 is 0.619 bits per heavy atom. The van der Waals surface area contributed by atoms with Gasteiger partial charge in [-0.1, -0.05) is 0 Å². The standard InChI is InChI=1S/C12H18.H2O4S.3H2O.Ru/c1-7-8(2)10(4)12(6)11(5)9(7)3;1-5(2,3)4;;;;/h1-6H3;(H2,1,2,3,4);3*1H2;/q;;;;;+2/p-2. The minimum Gasteiger partial charge on any atom is -0.759 e. The molecule has 1 aromatic rings. The molecule has 21 heavy (non-hydrogen) atoms. The van der Waals surface area contributed by atoms with Crippen molar-refractivity contribution in [1.82, 2.24) is 0 Å². The summed E-state index contributed by atoms with van der Waals surface area (Å²) in [5.74, 6) is 0. The van der Waals surface area contributed by atoms with Gasteiger partial charge in [0.05, 0.1) is 0 Å². The van der Waals surface area contributed by atoms with E-state index in [-0.39, 0.29) is 35.9 Å². The average Bonchev–Trinajstić information content (AvgIpc) is 2.18. The summed E-state index contributed by atoms with van der Waals surface area (Å²) in [4.78, 5) is 0. The molecule has 0 aromatic heterocycles. The van der Waals surface area contributed by atoms with Crippen LogP contribution >= 0.6 is 0 Å². The molecule has 0 bridgehead atoms. The van der Waals surface area contributed by atoms with Crippen LogP contribution < -0.4 is 0 Å². The van der Waals surface area contributed by atoms with E-state index in [1.807, 2.05) is 0 Å². The second-order valence-corrected chi connectivity index (χ2v) is 4.97. The average molecular weight is 413 g/mol. The largest absolute Gasteiger partial charge is 2.00 e. The van der Waals surface area contributed by atoms with Gasteiger partial charge in [0.1, 0.15) is 0 Å². The molecule has 1 aromatic carbocycles. The molecule has 0 aliphatic carbocycles. The molecule has 0 spiro atoms. The van der Waals surface area contributed by atoms with Crippen LogP contribution in [0.2, 0.25) is 0 Å². The van der Waals surface area contributed by atoms with Crippen molar-refractivity contribution in [1.29, 1.82) is 0 Å². The van der Waals surface area contributed by atoms with Crippen molar-refractivity contribution in [2.75, 3.05) is 0 Å². The van der Waals surface area contributed by atoms with Gasteiger partial charge in [0, 0.05) is 10.4 Å². The molecule has 9 heteroatoms. The second-order valence-electron chi connectivity index (χ2n) is 4.16. The van der Waals surface area contributed by atoms with Gasteiger partial charge in [-0.15, -0.1) is 0 Å². The third-order valence-corrected chi connectivity index (χ3v) is 3.38. The normalized spacial score (nSPS) is 8.76. The van der Waals surface area contributed by atoms with Gasteiger partial charge in [0.15, 0.2) is 0 Å². The van der Waals surface area contributed by atoms with Crippen LogP contribution in [0.4, 0.5) is 0 Å². The first kappa shape index (κ1) is 32.5. The van der Waals surface area contributed by atoms with E-state index in [1.54, 1.807) is 0 Å². The zero-order valence-corrected chi connectivity index (χ0v) is 15.4. The fourth-order valence-electron chi connectivity index (χ4n) is 1.69. The minimum atomic E-state index is -5.17. The predicted molar refractivity (Wildman–Crippen MR) is 76.2 cm³/mol. The van der Waals surface area contributed by atoms with Crippen LogP contribution in [-0.2, 0) is 29.9 Å². The molecule has 0 radical (unpaired) electrons. The first-order valence-corrected chi connectivity index (χ1v) is 6.50. The number of hydrogen-bond donors (Lipinski definition) is 0. The van der Waals surface area contributed by atoms with E-state index in [9.17, 15) is 0 Å². The van der Waals surface area contributed by atoms with Gasteiger partial charge in [-0.3, -0.25) is 8.42 Å². The molecule has 0 atom stereocenters. The Hall–Kier alpha value is -0.407. The third kappa shape index (κ3) is 10.9. The van der Waals surface area contributed by atoms with Crippen molar-refractivity contribution in [3.05, 3.63) is 33.4 Å². The first-order valence-electron chi connectivity index (χ1n) is 5.17. The summed E-state index contributed by atoms with van der Waals surface area (Å²) in [7, 11) is -5.17. The van der Waals surface area contributed by atoms with Crippen LogP contribution in [0.1, 0.15) is 33.4 Å². The van der Waals surface area contributed by atoms with Gasteiger partial charge in [-0.2, -0.15) is 0 Å². The third-order valence-electron chi connectivity index (χ3n) is 3.38. The van der Waals surface area contributed by atoms with Crippen molar-refractivity contribution in [3.63, 3.8) is 0 Å². The molecule has 0 aliphatic heterocycles. The smallest absolute Gasteiger partial charge is 0.759 e. The summed E-state index contributed by atoms with van der Waals surface area (Å²) >= 11 is 0. The molecule has 128 valence electrons.